The van der Waals surface area contributed by atoms with Crippen molar-refractivity contribution in [2.45, 2.75) is 39.2 Å². The van der Waals surface area contributed by atoms with Crippen LogP contribution in [0.15, 0.2) is 27.1 Å². The Morgan fingerprint density at radius 1 is 1.42 bits per heavy atom. The zero-order chi connectivity index (χ0) is 18.3. The molecule has 0 aliphatic heterocycles. The quantitative estimate of drug-likeness (QED) is 0.739. The van der Waals surface area contributed by atoms with Crippen molar-refractivity contribution in [3.63, 3.8) is 0 Å². The first-order valence-corrected chi connectivity index (χ1v) is 9.15. The van der Waals surface area contributed by atoms with Crippen LogP contribution in [0.1, 0.15) is 35.8 Å². The van der Waals surface area contributed by atoms with Gasteiger partial charge in [-0.1, -0.05) is 5.16 Å². The van der Waals surface area contributed by atoms with Gasteiger partial charge in [0.25, 0.3) is 11.4 Å². The van der Waals surface area contributed by atoms with Crippen LogP contribution < -0.4 is 10.9 Å². The SMILES string of the molecule is Cc1ncn(CC(=O)Nc2ccsc2-c2nc(C3CC3)no2)c(=O)c1C. The first kappa shape index (κ1) is 16.6. The zero-order valence-electron chi connectivity index (χ0n) is 14.4. The average Bonchev–Trinajstić information content (AvgIpc) is 3.17. The van der Waals surface area contributed by atoms with Gasteiger partial charge in [0.05, 0.1) is 12.0 Å². The number of anilines is 1. The van der Waals surface area contributed by atoms with E-state index in [9.17, 15) is 9.59 Å². The molecule has 0 spiro atoms. The van der Waals surface area contributed by atoms with Crippen LogP contribution in [0.3, 0.4) is 0 Å². The molecular weight excluding hydrogens is 354 g/mol. The van der Waals surface area contributed by atoms with Gasteiger partial charge < -0.3 is 9.84 Å². The highest BCUT2D eigenvalue weighted by Gasteiger charge is 2.29. The number of aryl methyl sites for hydroxylation is 1. The van der Waals surface area contributed by atoms with Gasteiger partial charge >= 0.3 is 0 Å². The number of nitrogens with zero attached hydrogens (tertiary/aromatic N) is 4. The number of aromatic nitrogens is 4. The number of carbonyl (C=O) groups excluding carboxylic acids is 1. The summed E-state index contributed by atoms with van der Waals surface area (Å²) < 4.78 is 6.62. The number of thiophene rings is 1. The zero-order valence-corrected chi connectivity index (χ0v) is 15.2. The topological polar surface area (TPSA) is 103 Å². The van der Waals surface area contributed by atoms with Crippen LogP contribution in [0.25, 0.3) is 10.8 Å². The summed E-state index contributed by atoms with van der Waals surface area (Å²) in [5.74, 6) is 1.20. The molecule has 1 fully saturated rings. The molecule has 0 atom stereocenters. The first-order valence-electron chi connectivity index (χ1n) is 8.27. The van der Waals surface area contributed by atoms with Crippen LogP contribution in [0.2, 0.25) is 0 Å². The molecular formula is C17H17N5O3S. The number of rotatable bonds is 5. The second-order valence-corrected chi connectivity index (χ2v) is 7.25. The maximum Gasteiger partial charge on any atom is 0.270 e. The fourth-order valence-electron chi connectivity index (χ4n) is 2.54. The average molecular weight is 371 g/mol. The Hall–Kier alpha value is -2.81. The van der Waals surface area contributed by atoms with Crippen molar-refractivity contribution in [1.29, 1.82) is 0 Å². The molecule has 0 bridgehead atoms. The third-order valence-corrected chi connectivity index (χ3v) is 5.25. The standard InChI is InChI=1S/C17H17N5O3S/c1-9-10(2)18-8-22(17(9)24)7-13(23)19-12-5-6-26-14(12)16-20-15(21-25-16)11-3-4-11/h5-6,8,11H,3-4,7H2,1-2H3,(H,19,23). The van der Waals surface area contributed by atoms with Gasteiger partial charge in [0.2, 0.25) is 5.91 Å². The molecule has 4 rings (SSSR count). The second-order valence-electron chi connectivity index (χ2n) is 6.33. The van der Waals surface area contributed by atoms with E-state index in [1.54, 1.807) is 19.9 Å². The predicted octanol–water partition coefficient (Wildman–Crippen LogP) is 2.49. The predicted molar refractivity (Wildman–Crippen MR) is 96.2 cm³/mol. The number of amides is 1. The maximum absolute atomic E-state index is 12.4. The highest BCUT2D eigenvalue weighted by atomic mass is 32.1. The van der Waals surface area contributed by atoms with Crippen molar-refractivity contribution in [2.24, 2.45) is 0 Å². The minimum absolute atomic E-state index is 0.112. The lowest BCUT2D eigenvalue weighted by Gasteiger charge is -2.08. The van der Waals surface area contributed by atoms with Gasteiger partial charge in [-0.3, -0.25) is 14.2 Å². The van der Waals surface area contributed by atoms with Crippen LogP contribution in [0.4, 0.5) is 5.69 Å². The molecule has 3 heterocycles. The molecule has 3 aromatic rings. The fraction of sp³-hybridized carbons (Fsp3) is 0.353. The lowest BCUT2D eigenvalue weighted by Crippen LogP contribution is -2.29. The van der Waals surface area contributed by atoms with Crippen molar-refractivity contribution >= 4 is 22.9 Å². The maximum atomic E-state index is 12.4. The van der Waals surface area contributed by atoms with Gasteiger partial charge in [0.1, 0.15) is 11.4 Å². The van der Waals surface area contributed by atoms with Crippen molar-refractivity contribution in [3.8, 4) is 10.8 Å². The summed E-state index contributed by atoms with van der Waals surface area (Å²) in [4.78, 5) is 33.8. The number of hydrogen-bond donors (Lipinski definition) is 1. The summed E-state index contributed by atoms with van der Waals surface area (Å²) in [6.45, 7) is 3.35. The molecule has 0 radical (unpaired) electrons. The van der Waals surface area contributed by atoms with Gasteiger partial charge in [-0.15, -0.1) is 11.3 Å². The van der Waals surface area contributed by atoms with Gasteiger partial charge in [0, 0.05) is 17.2 Å². The van der Waals surface area contributed by atoms with Crippen LogP contribution >= 0.6 is 11.3 Å². The van der Waals surface area contributed by atoms with E-state index < -0.39 is 0 Å². The van der Waals surface area contributed by atoms with E-state index >= 15 is 0 Å². The molecule has 3 aromatic heterocycles. The van der Waals surface area contributed by atoms with Gasteiger partial charge in [-0.2, -0.15) is 4.98 Å². The monoisotopic (exact) mass is 371 g/mol. The molecule has 0 unspecified atom stereocenters. The molecule has 1 aliphatic carbocycles. The second kappa shape index (κ2) is 6.49. The largest absolute Gasteiger partial charge is 0.333 e. The Bertz CT molecular complexity index is 1030. The Balaban J connectivity index is 1.51. The van der Waals surface area contributed by atoms with Crippen LogP contribution in [-0.2, 0) is 11.3 Å². The third-order valence-electron chi connectivity index (χ3n) is 4.35. The van der Waals surface area contributed by atoms with Crippen LogP contribution in [0, 0.1) is 13.8 Å². The molecule has 9 heteroatoms. The van der Waals surface area contributed by atoms with E-state index in [0.717, 1.165) is 18.7 Å². The van der Waals surface area contributed by atoms with Crippen molar-refractivity contribution in [3.05, 3.63) is 45.2 Å². The van der Waals surface area contributed by atoms with E-state index in [0.29, 0.717) is 33.6 Å². The Labute approximate surface area is 152 Å². The number of nitrogens with one attached hydrogen (secondary N) is 1. The molecule has 1 amide bonds. The normalized spacial score (nSPS) is 13.8. The minimum Gasteiger partial charge on any atom is -0.333 e. The highest BCUT2D eigenvalue weighted by Crippen LogP contribution is 2.40. The molecule has 134 valence electrons. The van der Waals surface area contributed by atoms with E-state index in [-0.39, 0.29) is 18.0 Å². The Kier molecular flexibility index (Phi) is 4.15. The Morgan fingerprint density at radius 3 is 3.00 bits per heavy atom. The van der Waals surface area contributed by atoms with Crippen LogP contribution in [0.5, 0.6) is 0 Å². The number of hydrogen-bond acceptors (Lipinski definition) is 7. The fourth-order valence-corrected chi connectivity index (χ4v) is 3.31. The molecule has 26 heavy (non-hydrogen) atoms. The molecule has 1 aliphatic rings. The first-order chi connectivity index (χ1) is 12.5. The summed E-state index contributed by atoms with van der Waals surface area (Å²) in [5.41, 5.74) is 1.57. The summed E-state index contributed by atoms with van der Waals surface area (Å²) in [6.07, 6.45) is 3.57. The minimum atomic E-state index is -0.321. The molecule has 1 saturated carbocycles. The van der Waals surface area contributed by atoms with Crippen molar-refractivity contribution in [1.82, 2.24) is 19.7 Å². The van der Waals surface area contributed by atoms with Crippen molar-refractivity contribution in [2.75, 3.05) is 5.32 Å². The molecule has 8 nitrogen and oxygen atoms in total. The lowest BCUT2D eigenvalue weighted by atomic mass is 10.3. The Morgan fingerprint density at radius 2 is 2.23 bits per heavy atom. The smallest absolute Gasteiger partial charge is 0.270 e. The van der Waals surface area contributed by atoms with Gasteiger partial charge in [-0.25, -0.2) is 4.98 Å². The molecule has 1 N–H and O–H groups in total. The summed E-state index contributed by atoms with van der Waals surface area (Å²) in [5, 5.41) is 8.66. The van der Waals surface area contributed by atoms with Gasteiger partial charge in [-0.05, 0) is 38.1 Å². The van der Waals surface area contributed by atoms with E-state index in [4.69, 9.17) is 4.52 Å². The summed E-state index contributed by atoms with van der Waals surface area (Å²) >= 11 is 1.41. The van der Waals surface area contributed by atoms with E-state index in [1.165, 1.54) is 22.2 Å². The lowest BCUT2D eigenvalue weighted by molar-refractivity contribution is -0.116. The summed E-state index contributed by atoms with van der Waals surface area (Å²) in [6, 6.07) is 1.78. The van der Waals surface area contributed by atoms with Crippen LogP contribution in [-0.4, -0.2) is 25.6 Å². The molecule has 0 aromatic carbocycles. The van der Waals surface area contributed by atoms with Gasteiger partial charge in [0.15, 0.2) is 5.82 Å². The molecule has 0 saturated heterocycles. The highest BCUT2D eigenvalue weighted by molar-refractivity contribution is 7.14. The van der Waals surface area contributed by atoms with Crippen molar-refractivity contribution < 1.29 is 9.32 Å². The summed E-state index contributed by atoms with van der Waals surface area (Å²) in [7, 11) is 0. The third kappa shape index (κ3) is 3.17. The van der Waals surface area contributed by atoms with E-state index in [2.05, 4.69) is 20.4 Å². The number of carbonyl (C=O) groups is 1. The van der Waals surface area contributed by atoms with E-state index in [1.807, 2.05) is 5.38 Å².